The SMILES string of the molecule is CCN(CCC(N)=S)C(=O)c1cc2c(s1)CCCC2. The summed E-state index contributed by atoms with van der Waals surface area (Å²) in [5, 5.41) is 0. The molecule has 104 valence electrons. The van der Waals surface area contributed by atoms with Crippen LogP contribution in [-0.4, -0.2) is 28.9 Å². The lowest BCUT2D eigenvalue weighted by molar-refractivity contribution is 0.0773. The van der Waals surface area contributed by atoms with E-state index < -0.39 is 0 Å². The largest absolute Gasteiger partial charge is 0.393 e. The number of aryl methyl sites for hydroxylation is 2. The summed E-state index contributed by atoms with van der Waals surface area (Å²) in [6.45, 7) is 3.31. The zero-order chi connectivity index (χ0) is 13.8. The molecule has 0 saturated heterocycles. The third-order valence-electron chi connectivity index (χ3n) is 3.50. The van der Waals surface area contributed by atoms with Crippen LogP contribution in [0.1, 0.15) is 46.3 Å². The fraction of sp³-hybridized carbons (Fsp3) is 0.571. The number of nitrogens with two attached hydrogens (primary N) is 1. The van der Waals surface area contributed by atoms with Crippen LogP contribution >= 0.6 is 23.6 Å². The van der Waals surface area contributed by atoms with Crippen molar-refractivity contribution in [3.63, 3.8) is 0 Å². The van der Waals surface area contributed by atoms with Crippen molar-refractivity contribution in [3.8, 4) is 0 Å². The Bertz CT molecular complexity index is 458. The van der Waals surface area contributed by atoms with E-state index in [1.807, 2.05) is 11.8 Å². The lowest BCUT2D eigenvalue weighted by Crippen LogP contribution is -2.33. The first-order chi connectivity index (χ1) is 9.11. The number of rotatable bonds is 5. The van der Waals surface area contributed by atoms with E-state index in [-0.39, 0.29) is 5.91 Å². The maximum atomic E-state index is 12.5. The predicted octanol–water partition coefficient (Wildman–Crippen LogP) is 2.77. The van der Waals surface area contributed by atoms with Crippen molar-refractivity contribution in [3.05, 3.63) is 21.4 Å². The molecule has 0 spiro atoms. The fourth-order valence-corrected chi connectivity index (χ4v) is 3.71. The van der Waals surface area contributed by atoms with Gasteiger partial charge in [0.2, 0.25) is 0 Å². The van der Waals surface area contributed by atoms with Gasteiger partial charge in [0.05, 0.1) is 9.87 Å². The molecule has 0 bridgehead atoms. The van der Waals surface area contributed by atoms with Gasteiger partial charge in [-0.2, -0.15) is 0 Å². The van der Waals surface area contributed by atoms with Gasteiger partial charge in [0, 0.05) is 24.4 Å². The van der Waals surface area contributed by atoms with E-state index >= 15 is 0 Å². The summed E-state index contributed by atoms with van der Waals surface area (Å²) in [7, 11) is 0. The number of nitrogens with zero attached hydrogens (tertiary/aromatic N) is 1. The molecule has 2 rings (SSSR count). The summed E-state index contributed by atoms with van der Waals surface area (Å²) in [6.07, 6.45) is 5.35. The van der Waals surface area contributed by atoms with Gasteiger partial charge < -0.3 is 10.6 Å². The summed E-state index contributed by atoms with van der Waals surface area (Å²) in [6, 6.07) is 2.09. The van der Waals surface area contributed by atoms with Crippen molar-refractivity contribution in [1.29, 1.82) is 0 Å². The second-order valence-electron chi connectivity index (χ2n) is 4.87. The third kappa shape index (κ3) is 3.54. The van der Waals surface area contributed by atoms with Gasteiger partial charge in [0.15, 0.2) is 0 Å². The molecule has 19 heavy (non-hydrogen) atoms. The summed E-state index contributed by atoms with van der Waals surface area (Å²) in [5.74, 6) is 0.123. The molecule has 1 aliphatic rings. The molecule has 0 fully saturated rings. The summed E-state index contributed by atoms with van der Waals surface area (Å²) < 4.78 is 0. The number of thiocarbonyl (C=S) groups is 1. The van der Waals surface area contributed by atoms with E-state index in [4.69, 9.17) is 18.0 Å². The van der Waals surface area contributed by atoms with Crippen molar-refractivity contribution in [2.75, 3.05) is 13.1 Å². The Kier molecular flexibility index (Phi) is 4.93. The van der Waals surface area contributed by atoms with Crippen LogP contribution in [0.2, 0.25) is 0 Å². The summed E-state index contributed by atoms with van der Waals surface area (Å²) in [4.78, 5) is 17.0. The lowest BCUT2D eigenvalue weighted by Gasteiger charge is -2.19. The average Bonchev–Trinajstić information content (AvgIpc) is 2.82. The lowest BCUT2D eigenvalue weighted by atomic mass is 9.99. The second-order valence-corrected chi connectivity index (χ2v) is 6.53. The van der Waals surface area contributed by atoms with E-state index in [9.17, 15) is 4.79 Å². The molecular formula is C14H20N2OS2. The van der Waals surface area contributed by atoms with Gasteiger partial charge in [0.1, 0.15) is 0 Å². The second kappa shape index (κ2) is 6.48. The van der Waals surface area contributed by atoms with Gasteiger partial charge in [-0.1, -0.05) is 12.2 Å². The summed E-state index contributed by atoms with van der Waals surface area (Å²) in [5.41, 5.74) is 6.89. The smallest absolute Gasteiger partial charge is 0.263 e. The monoisotopic (exact) mass is 296 g/mol. The zero-order valence-electron chi connectivity index (χ0n) is 11.3. The molecule has 0 aromatic carbocycles. The first-order valence-corrected chi connectivity index (χ1v) is 8.03. The van der Waals surface area contributed by atoms with Crippen LogP contribution in [0.25, 0.3) is 0 Å². The molecule has 0 saturated carbocycles. The van der Waals surface area contributed by atoms with Crippen molar-refractivity contribution in [2.45, 2.75) is 39.0 Å². The Balaban J connectivity index is 2.08. The Morgan fingerprint density at radius 1 is 1.47 bits per heavy atom. The van der Waals surface area contributed by atoms with Gasteiger partial charge in [-0.25, -0.2) is 0 Å². The van der Waals surface area contributed by atoms with E-state index in [2.05, 4.69) is 6.07 Å². The van der Waals surface area contributed by atoms with Gasteiger partial charge in [0.25, 0.3) is 5.91 Å². The first kappa shape index (κ1) is 14.5. The highest BCUT2D eigenvalue weighted by atomic mass is 32.1. The number of fused-ring (bicyclic) bond motifs is 1. The van der Waals surface area contributed by atoms with Gasteiger partial charge in [-0.15, -0.1) is 11.3 Å². The minimum atomic E-state index is 0.123. The van der Waals surface area contributed by atoms with Crippen LogP contribution in [0.5, 0.6) is 0 Å². The normalized spacial score (nSPS) is 13.9. The number of carbonyl (C=O) groups excluding carboxylic acids is 1. The van der Waals surface area contributed by atoms with Crippen LogP contribution < -0.4 is 5.73 Å². The maximum Gasteiger partial charge on any atom is 0.263 e. The van der Waals surface area contributed by atoms with Crippen LogP contribution in [0, 0.1) is 0 Å². The summed E-state index contributed by atoms with van der Waals surface area (Å²) >= 11 is 6.54. The highest BCUT2D eigenvalue weighted by Crippen LogP contribution is 2.30. The standard InChI is InChI=1S/C14H20N2OS2/c1-2-16(8-7-13(15)18)14(17)12-9-10-5-3-4-6-11(10)19-12/h9H,2-8H2,1H3,(H2,15,18). The van der Waals surface area contributed by atoms with Crippen molar-refractivity contribution in [1.82, 2.24) is 4.90 Å². The average molecular weight is 296 g/mol. The van der Waals surface area contributed by atoms with Crippen LogP contribution in [0.4, 0.5) is 0 Å². The molecule has 2 N–H and O–H groups in total. The molecule has 1 aliphatic carbocycles. The van der Waals surface area contributed by atoms with E-state index in [1.54, 1.807) is 11.3 Å². The number of amides is 1. The number of thiophene rings is 1. The fourth-order valence-electron chi connectivity index (χ4n) is 2.40. The van der Waals surface area contributed by atoms with Gasteiger partial charge >= 0.3 is 0 Å². The molecule has 1 heterocycles. The maximum absolute atomic E-state index is 12.5. The van der Waals surface area contributed by atoms with Gasteiger partial charge in [-0.05, 0) is 44.2 Å². The van der Waals surface area contributed by atoms with E-state index in [0.717, 1.165) is 17.7 Å². The van der Waals surface area contributed by atoms with Gasteiger partial charge in [-0.3, -0.25) is 4.79 Å². The third-order valence-corrected chi connectivity index (χ3v) is 4.93. The zero-order valence-corrected chi connectivity index (χ0v) is 12.9. The Hall–Kier alpha value is -0.940. The molecule has 5 heteroatoms. The molecule has 0 radical (unpaired) electrons. The van der Waals surface area contributed by atoms with Crippen LogP contribution in [0.15, 0.2) is 6.07 Å². The van der Waals surface area contributed by atoms with Crippen molar-refractivity contribution >= 4 is 34.5 Å². The number of carbonyl (C=O) groups is 1. The van der Waals surface area contributed by atoms with Crippen LogP contribution in [0.3, 0.4) is 0 Å². The molecule has 1 amide bonds. The molecular weight excluding hydrogens is 276 g/mol. The van der Waals surface area contributed by atoms with E-state index in [0.29, 0.717) is 24.5 Å². The minimum absolute atomic E-state index is 0.123. The molecule has 0 atom stereocenters. The predicted molar refractivity (Wildman–Crippen MR) is 83.9 cm³/mol. The first-order valence-electron chi connectivity index (χ1n) is 6.81. The highest BCUT2D eigenvalue weighted by Gasteiger charge is 2.20. The quantitative estimate of drug-likeness (QED) is 0.850. The molecule has 1 aromatic rings. The Morgan fingerprint density at radius 2 is 2.21 bits per heavy atom. The molecule has 0 aliphatic heterocycles. The van der Waals surface area contributed by atoms with Crippen LogP contribution in [-0.2, 0) is 12.8 Å². The molecule has 0 unspecified atom stereocenters. The Labute approximate surface area is 123 Å². The number of hydrogen-bond donors (Lipinski definition) is 1. The van der Waals surface area contributed by atoms with E-state index in [1.165, 1.54) is 23.3 Å². The minimum Gasteiger partial charge on any atom is -0.393 e. The topological polar surface area (TPSA) is 46.3 Å². The highest BCUT2D eigenvalue weighted by molar-refractivity contribution is 7.80. The molecule has 1 aromatic heterocycles. The number of hydrogen-bond acceptors (Lipinski definition) is 3. The Morgan fingerprint density at radius 3 is 2.84 bits per heavy atom. The van der Waals surface area contributed by atoms with Crippen molar-refractivity contribution < 1.29 is 4.79 Å². The van der Waals surface area contributed by atoms with Crippen molar-refractivity contribution in [2.24, 2.45) is 5.73 Å². The molecule has 3 nitrogen and oxygen atoms in total.